The molecule has 0 unspecified atom stereocenters. The van der Waals surface area contributed by atoms with Gasteiger partial charge in [0.25, 0.3) is 0 Å². The van der Waals surface area contributed by atoms with Crippen LogP contribution in [0.15, 0.2) is 45.5 Å². The van der Waals surface area contributed by atoms with E-state index in [4.69, 9.17) is 18.4 Å². The van der Waals surface area contributed by atoms with Crippen molar-refractivity contribution in [1.82, 2.24) is 10.1 Å². The van der Waals surface area contributed by atoms with Crippen LogP contribution in [0.4, 0.5) is 11.4 Å². The van der Waals surface area contributed by atoms with Crippen LogP contribution in [0.25, 0.3) is 22.2 Å². The third kappa shape index (κ3) is 3.26. The van der Waals surface area contributed by atoms with Gasteiger partial charge in [-0.15, -0.1) is 0 Å². The number of rotatable bonds is 6. The highest BCUT2D eigenvalue weighted by molar-refractivity contribution is 6.29. The molecule has 7 rings (SSSR count). The Morgan fingerprint density at radius 3 is 2.61 bits per heavy atom. The minimum Gasteiger partial charge on any atom is -0.467 e. The second-order valence-corrected chi connectivity index (χ2v) is 9.40. The van der Waals surface area contributed by atoms with E-state index >= 15 is 0 Å². The second kappa shape index (κ2) is 8.30. The molecule has 1 aliphatic carbocycles. The Morgan fingerprint density at radius 2 is 1.86 bits per heavy atom. The van der Waals surface area contributed by atoms with Gasteiger partial charge in [-0.25, -0.2) is 0 Å². The number of carbonyl (C=O) groups is 1. The summed E-state index contributed by atoms with van der Waals surface area (Å²) in [6, 6.07) is 9.37. The van der Waals surface area contributed by atoms with Gasteiger partial charge in [-0.1, -0.05) is 12.1 Å². The van der Waals surface area contributed by atoms with Crippen LogP contribution in [-0.2, 0) is 6.54 Å². The van der Waals surface area contributed by atoms with Crippen LogP contribution in [0.1, 0.15) is 35.0 Å². The number of ether oxygens (including phenoxy) is 2. The molecule has 0 spiro atoms. The predicted molar refractivity (Wildman–Crippen MR) is 134 cm³/mol. The summed E-state index contributed by atoms with van der Waals surface area (Å²) in [5, 5.41) is 8.69. The minimum atomic E-state index is -0.0924. The van der Waals surface area contributed by atoms with Crippen molar-refractivity contribution < 1.29 is 23.2 Å². The first-order valence-corrected chi connectivity index (χ1v) is 12.4. The zero-order chi connectivity index (χ0) is 24.2. The topological polar surface area (TPSA) is 93.2 Å². The monoisotopic (exact) mass is 486 g/mol. The molecule has 0 bridgehead atoms. The largest absolute Gasteiger partial charge is 0.467 e. The van der Waals surface area contributed by atoms with Gasteiger partial charge in [0.05, 0.1) is 29.4 Å². The number of anilines is 2. The molecule has 4 heterocycles. The lowest BCUT2D eigenvalue weighted by Gasteiger charge is -2.36. The molecule has 9 heteroatoms. The highest BCUT2D eigenvalue weighted by atomic mass is 16.7. The first-order chi connectivity index (χ1) is 17.7. The van der Waals surface area contributed by atoms with Gasteiger partial charge >= 0.3 is 0 Å². The van der Waals surface area contributed by atoms with Crippen LogP contribution in [0.5, 0.6) is 11.5 Å². The molecule has 184 valence electrons. The van der Waals surface area contributed by atoms with Crippen molar-refractivity contribution in [3.8, 4) is 22.8 Å². The maximum Gasteiger partial charge on any atom is 0.231 e. The van der Waals surface area contributed by atoms with Crippen LogP contribution in [0.3, 0.4) is 0 Å². The number of aromatic nitrogens is 1. The highest BCUT2D eigenvalue weighted by Crippen LogP contribution is 2.49. The number of furan rings is 1. The average molecular weight is 487 g/mol. The third-order valence-electron chi connectivity index (χ3n) is 7.25. The van der Waals surface area contributed by atoms with Crippen molar-refractivity contribution in [2.45, 2.75) is 19.9 Å². The molecule has 0 atom stereocenters. The molecule has 2 aliphatic heterocycles. The van der Waals surface area contributed by atoms with E-state index < -0.39 is 0 Å². The summed E-state index contributed by atoms with van der Waals surface area (Å²) in [7, 11) is 0. The molecule has 0 amide bonds. The van der Waals surface area contributed by atoms with Crippen molar-refractivity contribution in [3.05, 3.63) is 53.5 Å². The summed E-state index contributed by atoms with van der Waals surface area (Å²) in [6.07, 6.45) is 2.79. The van der Waals surface area contributed by atoms with E-state index in [-0.39, 0.29) is 12.6 Å². The molecule has 0 saturated carbocycles. The number of nitrogens with one attached hydrogen (secondary N) is 1. The maximum absolute atomic E-state index is 13.9. The standard InChI is InChI=1S/C27H26N4O5/c1-2-5-30-6-8-31(9-7-30)20-13-19(28-14-16-4-3-10-33-16)23-24-25(20)29-36-27(24)18-12-22-21(34-15-35-22)11-17(18)26(23)32/h3-4,10-13,28H,2,5-9,14-15H2,1H3. The summed E-state index contributed by atoms with van der Waals surface area (Å²) < 4.78 is 22.6. The zero-order valence-electron chi connectivity index (χ0n) is 20.0. The number of hydrogen-bond donors (Lipinski definition) is 1. The maximum atomic E-state index is 13.9. The number of benzene rings is 2. The fourth-order valence-electron chi connectivity index (χ4n) is 5.49. The lowest BCUT2D eigenvalue weighted by molar-refractivity contribution is 0.104. The van der Waals surface area contributed by atoms with E-state index in [1.165, 1.54) is 0 Å². The number of nitrogens with zero attached hydrogens (tertiary/aromatic N) is 3. The number of hydrogen-bond acceptors (Lipinski definition) is 9. The number of carbonyl (C=O) groups excluding carboxylic acids is 1. The van der Waals surface area contributed by atoms with Crippen LogP contribution >= 0.6 is 0 Å². The second-order valence-electron chi connectivity index (χ2n) is 9.40. The Labute approximate surface area is 207 Å². The Hall–Kier alpha value is -3.98. The normalized spacial score (nSPS) is 16.6. The van der Waals surface area contributed by atoms with E-state index in [9.17, 15) is 4.79 Å². The van der Waals surface area contributed by atoms with Gasteiger partial charge < -0.3 is 28.6 Å². The van der Waals surface area contributed by atoms with Crippen LogP contribution in [0.2, 0.25) is 0 Å². The summed E-state index contributed by atoms with van der Waals surface area (Å²) in [5.74, 6) is 2.45. The van der Waals surface area contributed by atoms with E-state index in [1.54, 1.807) is 12.3 Å². The summed E-state index contributed by atoms with van der Waals surface area (Å²) in [4.78, 5) is 18.8. The quantitative estimate of drug-likeness (QED) is 0.372. The molecule has 1 saturated heterocycles. The predicted octanol–water partition coefficient (Wildman–Crippen LogP) is 4.51. The third-order valence-corrected chi connectivity index (χ3v) is 7.25. The fraction of sp³-hybridized carbons (Fsp3) is 0.333. The van der Waals surface area contributed by atoms with Crippen LogP contribution < -0.4 is 19.7 Å². The highest BCUT2D eigenvalue weighted by Gasteiger charge is 2.36. The van der Waals surface area contributed by atoms with Crippen molar-refractivity contribution in [2.24, 2.45) is 0 Å². The van der Waals surface area contributed by atoms with E-state index in [0.29, 0.717) is 46.0 Å². The smallest absolute Gasteiger partial charge is 0.231 e. The van der Waals surface area contributed by atoms with Gasteiger partial charge in [0.15, 0.2) is 23.0 Å². The van der Waals surface area contributed by atoms with Crippen molar-refractivity contribution in [1.29, 1.82) is 0 Å². The van der Waals surface area contributed by atoms with E-state index in [1.807, 2.05) is 24.3 Å². The molecule has 36 heavy (non-hydrogen) atoms. The molecular weight excluding hydrogens is 460 g/mol. The summed E-state index contributed by atoms with van der Waals surface area (Å²) in [5.41, 5.74) is 4.19. The van der Waals surface area contributed by atoms with Gasteiger partial charge in [-0.05, 0) is 43.3 Å². The van der Waals surface area contributed by atoms with Gasteiger partial charge in [0.1, 0.15) is 11.3 Å². The SMILES string of the molecule is CCCN1CCN(c2cc(NCc3ccco3)c3c4c(onc24)-c2cc4c(cc2C3=O)OCO4)CC1. The molecular formula is C27H26N4O5. The van der Waals surface area contributed by atoms with Gasteiger partial charge in [-0.2, -0.15) is 0 Å². The van der Waals surface area contributed by atoms with Crippen molar-refractivity contribution in [3.63, 3.8) is 0 Å². The van der Waals surface area contributed by atoms with Gasteiger partial charge in [0, 0.05) is 43.0 Å². The summed E-state index contributed by atoms with van der Waals surface area (Å²) >= 11 is 0. The number of piperazine rings is 1. The average Bonchev–Trinajstić information content (AvgIpc) is 3.67. The van der Waals surface area contributed by atoms with Crippen molar-refractivity contribution >= 4 is 28.1 Å². The Kier molecular flexibility index (Phi) is 4.92. The lowest BCUT2D eigenvalue weighted by atomic mass is 9.86. The lowest BCUT2D eigenvalue weighted by Crippen LogP contribution is -2.46. The Balaban J connectivity index is 1.37. The summed E-state index contributed by atoms with van der Waals surface area (Å²) in [6.45, 7) is 7.65. The molecule has 0 radical (unpaired) electrons. The first-order valence-electron chi connectivity index (χ1n) is 12.4. The molecule has 2 aromatic heterocycles. The van der Waals surface area contributed by atoms with Crippen LogP contribution in [-0.4, -0.2) is 55.4 Å². The van der Waals surface area contributed by atoms with Gasteiger partial charge in [-0.3, -0.25) is 9.69 Å². The van der Waals surface area contributed by atoms with E-state index in [2.05, 4.69) is 27.2 Å². The molecule has 3 aliphatic rings. The fourth-order valence-corrected chi connectivity index (χ4v) is 5.49. The molecule has 4 aromatic rings. The molecule has 1 fully saturated rings. The Bertz CT molecular complexity index is 1470. The number of fused-ring (bicyclic) bond motifs is 3. The van der Waals surface area contributed by atoms with E-state index in [0.717, 1.165) is 61.7 Å². The number of ketones is 1. The van der Waals surface area contributed by atoms with Crippen LogP contribution in [0, 0.1) is 0 Å². The van der Waals surface area contributed by atoms with Gasteiger partial charge in [0.2, 0.25) is 6.79 Å². The molecule has 9 nitrogen and oxygen atoms in total. The van der Waals surface area contributed by atoms with Crippen molar-refractivity contribution in [2.75, 3.05) is 49.7 Å². The Morgan fingerprint density at radius 1 is 1.06 bits per heavy atom. The molecule has 1 N–H and O–H groups in total. The first kappa shape index (κ1) is 21.3. The molecule has 2 aromatic carbocycles. The minimum absolute atomic E-state index is 0.0924. The zero-order valence-corrected chi connectivity index (χ0v) is 20.0.